The quantitative estimate of drug-likeness (QED) is 0.639. The van der Waals surface area contributed by atoms with Gasteiger partial charge in [0, 0.05) is 13.1 Å². The minimum Gasteiger partial charge on any atom is -0.481 e. The Bertz CT molecular complexity index is 420. The van der Waals surface area contributed by atoms with Gasteiger partial charge in [-0.2, -0.15) is 0 Å². The number of hydrogen-bond acceptors (Lipinski definition) is 2. The second-order valence-corrected chi connectivity index (χ2v) is 4.65. The van der Waals surface area contributed by atoms with Crippen LogP contribution in [0.3, 0.4) is 0 Å². The van der Waals surface area contributed by atoms with Gasteiger partial charge in [-0.1, -0.05) is 50.1 Å². The van der Waals surface area contributed by atoms with E-state index in [0.29, 0.717) is 12.1 Å². The maximum atomic E-state index is 11.5. The molecule has 0 bridgehead atoms. The molecule has 0 aliphatic heterocycles. The summed E-state index contributed by atoms with van der Waals surface area (Å²) in [5.41, 5.74) is 0.686. The smallest absolute Gasteiger partial charge is 0.314 e. The minimum atomic E-state index is -0.942. The molecule has 1 atom stereocenters. The van der Waals surface area contributed by atoms with Gasteiger partial charge in [0.1, 0.15) is 0 Å². The second-order valence-electron chi connectivity index (χ2n) is 4.65. The van der Waals surface area contributed by atoms with Gasteiger partial charge in [-0.15, -0.1) is 0 Å². The molecule has 0 spiro atoms. The number of carbonyl (C=O) groups excluding carboxylic acids is 1. The molecule has 2 amide bonds. The van der Waals surface area contributed by atoms with E-state index >= 15 is 0 Å². The molecule has 110 valence electrons. The number of rotatable bonds is 8. The van der Waals surface area contributed by atoms with E-state index in [4.69, 9.17) is 0 Å². The lowest BCUT2D eigenvalue weighted by Crippen LogP contribution is -2.39. The van der Waals surface area contributed by atoms with Crippen molar-refractivity contribution in [2.45, 2.75) is 32.1 Å². The van der Waals surface area contributed by atoms with Crippen LogP contribution in [0.15, 0.2) is 30.3 Å². The van der Waals surface area contributed by atoms with Crippen molar-refractivity contribution in [1.82, 2.24) is 10.6 Å². The van der Waals surface area contributed by atoms with Crippen LogP contribution in [-0.2, 0) is 4.79 Å². The monoisotopic (exact) mass is 278 g/mol. The van der Waals surface area contributed by atoms with E-state index in [0.717, 1.165) is 19.3 Å². The standard InChI is InChI=1S/C15H22N2O3/c1-2-3-7-10-16-15(20)17-11-13(14(18)19)12-8-5-4-6-9-12/h4-6,8-9,13H,2-3,7,10-11H2,1H3,(H,18,19)(H2,16,17,20). The molecule has 0 fully saturated rings. The summed E-state index contributed by atoms with van der Waals surface area (Å²) in [7, 11) is 0. The molecule has 1 rings (SSSR count). The van der Waals surface area contributed by atoms with Crippen LogP contribution in [0.25, 0.3) is 0 Å². The predicted octanol–water partition coefficient (Wildman–Crippen LogP) is 2.34. The number of amides is 2. The number of benzene rings is 1. The van der Waals surface area contributed by atoms with Crippen molar-refractivity contribution < 1.29 is 14.7 Å². The Morgan fingerprint density at radius 1 is 1.15 bits per heavy atom. The number of carboxylic acids is 1. The first kappa shape index (κ1) is 16.0. The van der Waals surface area contributed by atoms with Gasteiger partial charge in [0.25, 0.3) is 0 Å². The van der Waals surface area contributed by atoms with Crippen LogP contribution < -0.4 is 10.6 Å². The number of unbranched alkanes of at least 4 members (excludes halogenated alkanes) is 2. The van der Waals surface area contributed by atoms with Crippen molar-refractivity contribution in [1.29, 1.82) is 0 Å². The van der Waals surface area contributed by atoms with Crippen LogP contribution in [-0.4, -0.2) is 30.2 Å². The normalized spacial score (nSPS) is 11.7. The third-order valence-corrected chi connectivity index (χ3v) is 3.03. The summed E-state index contributed by atoms with van der Waals surface area (Å²) >= 11 is 0. The molecule has 0 aromatic heterocycles. The number of carboxylic acid groups (broad SMARTS) is 1. The topological polar surface area (TPSA) is 78.4 Å². The maximum absolute atomic E-state index is 11.5. The Morgan fingerprint density at radius 3 is 2.45 bits per heavy atom. The summed E-state index contributed by atoms with van der Waals surface area (Å²) in [6.45, 7) is 2.79. The summed E-state index contributed by atoms with van der Waals surface area (Å²) in [6, 6.07) is 8.59. The lowest BCUT2D eigenvalue weighted by molar-refractivity contribution is -0.138. The molecule has 0 saturated heterocycles. The molecule has 20 heavy (non-hydrogen) atoms. The number of aliphatic carboxylic acids is 1. The Morgan fingerprint density at radius 2 is 1.85 bits per heavy atom. The van der Waals surface area contributed by atoms with Crippen LogP contribution in [0, 0.1) is 0 Å². The van der Waals surface area contributed by atoms with Crippen LogP contribution in [0.2, 0.25) is 0 Å². The SMILES string of the molecule is CCCCCNC(=O)NCC(C(=O)O)c1ccccc1. The highest BCUT2D eigenvalue weighted by atomic mass is 16.4. The second kappa shape index (κ2) is 8.96. The predicted molar refractivity (Wildman–Crippen MR) is 77.7 cm³/mol. The fraction of sp³-hybridized carbons (Fsp3) is 0.467. The van der Waals surface area contributed by atoms with E-state index in [1.165, 1.54) is 0 Å². The molecule has 0 radical (unpaired) electrons. The lowest BCUT2D eigenvalue weighted by atomic mass is 9.99. The van der Waals surface area contributed by atoms with E-state index in [1.807, 2.05) is 6.07 Å². The number of nitrogens with one attached hydrogen (secondary N) is 2. The van der Waals surface area contributed by atoms with Crippen molar-refractivity contribution in [2.75, 3.05) is 13.1 Å². The lowest BCUT2D eigenvalue weighted by Gasteiger charge is -2.14. The minimum absolute atomic E-state index is 0.0823. The molecular weight excluding hydrogens is 256 g/mol. The van der Waals surface area contributed by atoms with Gasteiger partial charge in [0.05, 0.1) is 5.92 Å². The van der Waals surface area contributed by atoms with Crippen molar-refractivity contribution >= 4 is 12.0 Å². The summed E-state index contributed by atoms with van der Waals surface area (Å²) in [5, 5.41) is 14.5. The highest BCUT2D eigenvalue weighted by Crippen LogP contribution is 2.14. The molecule has 3 N–H and O–H groups in total. The molecule has 0 aliphatic rings. The van der Waals surface area contributed by atoms with Gasteiger partial charge < -0.3 is 15.7 Å². The summed E-state index contributed by atoms with van der Waals surface area (Å²) in [6.07, 6.45) is 3.10. The number of urea groups is 1. The van der Waals surface area contributed by atoms with Crippen LogP contribution in [0.1, 0.15) is 37.7 Å². The first-order valence-corrected chi connectivity index (χ1v) is 6.94. The van der Waals surface area contributed by atoms with Gasteiger partial charge in [-0.3, -0.25) is 4.79 Å². The van der Waals surface area contributed by atoms with Gasteiger partial charge >= 0.3 is 12.0 Å². The summed E-state index contributed by atoms with van der Waals surface area (Å²) in [4.78, 5) is 22.8. The maximum Gasteiger partial charge on any atom is 0.314 e. The number of carbonyl (C=O) groups is 2. The number of hydrogen-bond donors (Lipinski definition) is 3. The molecule has 5 heteroatoms. The van der Waals surface area contributed by atoms with Crippen molar-refractivity contribution in [3.8, 4) is 0 Å². The van der Waals surface area contributed by atoms with Crippen molar-refractivity contribution in [2.24, 2.45) is 0 Å². The average molecular weight is 278 g/mol. The first-order valence-electron chi connectivity index (χ1n) is 6.94. The van der Waals surface area contributed by atoms with E-state index in [9.17, 15) is 14.7 Å². The Hall–Kier alpha value is -2.04. The molecule has 0 aliphatic carbocycles. The fourth-order valence-corrected chi connectivity index (χ4v) is 1.87. The fourth-order valence-electron chi connectivity index (χ4n) is 1.87. The largest absolute Gasteiger partial charge is 0.481 e. The Kier molecular flexibility index (Phi) is 7.17. The van der Waals surface area contributed by atoms with E-state index in [1.54, 1.807) is 24.3 Å². The molecule has 1 unspecified atom stereocenters. The molecule has 0 heterocycles. The molecule has 1 aromatic rings. The van der Waals surface area contributed by atoms with E-state index < -0.39 is 11.9 Å². The van der Waals surface area contributed by atoms with Gasteiger partial charge in [-0.05, 0) is 12.0 Å². The molecular formula is C15H22N2O3. The Labute approximate surface area is 119 Å². The third-order valence-electron chi connectivity index (χ3n) is 3.03. The zero-order valence-corrected chi connectivity index (χ0v) is 11.8. The van der Waals surface area contributed by atoms with Crippen LogP contribution in [0.5, 0.6) is 0 Å². The van der Waals surface area contributed by atoms with Gasteiger partial charge in [0.15, 0.2) is 0 Å². The molecule has 5 nitrogen and oxygen atoms in total. The summed E-state index contributed by atoms with van der Waals surface area (Å²) < 4.78 is 0. The van der Waals surface area contributed by atoms with Gasteiger partial charge in [0.2, 0.25) is 0 Å². The van der Waals surface area contributed by atoms with Crippen LogP contribution in [0.4, 0.5) is 4.79 Å². The molecule has 1 aromatic carbocycles. The van der Waals surface area contributed by atoms with E-state index in [2.05, 4.69) is 17.6 Å². The van der Waals surface area contributed by atoms with Crippen LogP contribution >= 0.6 is 0 Å². The van der Waals surface area contributed by atoms with Crippen molar-refractivity contribution in [3.05, 3.63) is 35.9 Å². The van der Waals surface area contributed by atoms with E-state index in [-0.39, 0.29) is 12.6 Å². The zero-order valence-electron chi connectivity index (χ0n) is 11.8. The molecule has 0 saturated carbocycles. The Balaban J connectivity index is 2.40. The van der Waals surface area contributed by atoms with Crippen molar-refractivity contribution in [3.63, 3.8) is 0 Å². The first-order chi connectivity index (χ1) is 9.65. The van der Waals surface area contributed by atoms with Gasteiger partial charge in [-0.25, -0.2) is 4.79 Å². The highest BCUT2D eigenvalue weighted by Gasteiger charge is 2.20. The summed E-state index contributed by atoms with van der Waals surface area (Å²) in [5.74, 6) is -1.67. The highest BCUT2D eigenvalue weighted by molar-refractivity contribution is 5.79. The third kappa shape index (κ3) is 5.73. The zero-order chi connectivity index (χ0) is 14.8. The average Bonchev–Trinajstić information content (AvgIpc) is 2.44.